The fraction of sp³-hybridized carbons (Fsp3) is 0.0345. The topological polar surface area (TPSA) is 35.6 Å². The quantitative estimate of drug-likeness (QED) is 0.161. The lowest BCUT2D eigenvalue weighted by atomic mass is 9.92. The van der Waals surface area contributed by atoms with Gasteiger partial charge < -0.3 is 9.13 Å². The van der Waals surface area contributed by atoms with Gasteiger partial charge in [-0.25, -0.2) is 9.97 Å². The highest BCUT2D eigenvalue weighted by Crippen LogP contribution is 2.46. The molecule has 0 spiro atoms. The summed E-state index contributed by atoms with van der Waals surface area (Å²) in [6.07, 6.45) is 9.63. The molecule has 292 valence electrons. The Bertz CT molecular complexity index is 3460. The number of aromatic nitrogens is 4. The van der Waals surface area contributed by atoms with Crippen molar-refractivity contribution in [3.63, 3.8) is 0 Å². The van der Waals surface area contributed by atoms with Crippen LogP contribution in [0.25, 0.3) is 99.9 Å². The molecule has 12 rings (SSSR count). The molecule has 0 aliphatic heterocycles. The molecule has 1 aliphatic rings. The lowest BCUT2D eigenvalue weighted by Gasteiger charge is -2.21. The van der Waals surface area contributed by atoms with Crippen molar-refractivity contribution >= 4 is 43.6 Å². The Kier molecular flexibility index (Phi) is 8.60. The molecule has 8 aromatic carbocycles. The Morgan fingerprint density at radius 1 is 0.403 bits per heavy atom. The number of rotatable bonds is 7. The molecule has 4 heteroatoms. The van der Waals surface area contributed by atoms with E-state index in [0.717, 1.165) is 73.6 Å². The third-order valence-corrected chi connectivity index (χ3v) is 12.4. The highest BCUT2D eigenvalue weighted by atomic mass is 15.0. The van der Waals surface area contributed by atoms with Gasteiger partial charge in [-0.2, -0.15) is 0 Å². The predicted molar refractivity (Wildman–Crippen MR) is 258 cm³/mol. The summed E-state index contributed by atoms with van der Waals surface area (Å²) in [6, 6.07) is 72.1. The Balaban J connectivity index is 1.19. The van der Waals surface area contributed by atoms with E-state index in [4.69, 9.17) is 9.97 Å². The normalized spacial score (nSPS) is 13.8. The van der Waals surface area contributed by atoms with Crippen LogP contribution in [0, 0.1) is 0 Å². The summed E-state index contributed by atoms with van der Waals surface area (Å²) < 4.78 is 4.92. The molecule has 62 heavy (non-hydrogen) atoms. The molecule has 1 aliphatic carbocycles. The van der Waals surface area contributed by atoms with Gasteiger partial charge in [-0.3, -0.25) is 0 Å². The average molecular weight is 793 g/mol. The number of allylic oxidation sites excluding steroid dienone is 4. The largest absolute Gasteiger partial charge is 0.309 e. The smallest absolute Gasteiger partial charge is 0.160 e. The minimum absolute atomic E-state index is 0.160. The third kappa shape index (κ3) is 5.99. The van der Waals surface area contributed by atoms with Gasteiger partial charge in [-0.05, 0) is 72.1 Å². The molecule has 0 fully saturated rings. The van der Waals surface area contributed by atoms with E-state index in [1.165, 1.54) is 32.6 Å². The van der Waals surface area contributed by atoms with E-state index in [2.05, 4.69) is 234 Å². The SMILES string of the molecule is C1=CCC(c2cc(-c3ccccc3)nc(-c3cc(-c4ccccc4)c(-n4c5ccccc5c5cc6c(cc54)c4ccccc4n6-c4ccccc4)c(-c4ccccc4)c3)n2)C=C1. The van der Waals surface area contributed by atoms with Crippen LogP contribution in [-0.2, 0) is 0 Å². The molecular weight excluding hydrogens is 753 g/mol. The van der Waals surface area contributed by atoms with Crippen LogP contribution in [-0.4, -0.2) is 19.1 Å². The number of hydrogen-bond acceptors (Lipinski definition) is 2. The van der Waals surface area contributed by atoms with Crippen LogP contribution in [0.2, 0.25) is 0 Å². The summed E-state index contributed by atoms with van der Waals surface area (Å²) in [5.41, 5.74) is 15.4. The Labute approximate surface area is 360 Å². The van der Waals surface area contributed by atoms with Crippen molar-refractivity contribution in [3.8, 4) is 56.3 Å². The van der Waals surface area contributed by atoms with Crippen molar-refractivity contribution in [2.75, 3.05) is 0 Å². The van der Waals surface area contributed by atoms with E-state index >= 15 is 0 Å². The van der Waals surface area contributed by atoms with Gasteiger partial charge in [0.2, 0.25) is 0 Å². The van der Waals surface area contributed by atoms with Gasteiger partial charge in [0.25, 0.3) is 0 Å². The Hall–Kier alpha value is -8.08. The highest BCUT2D eigenvalue weighted by Gasteiger charge is 2.25. The number of hydrogen-bond donors (Lipinski definition) is 0. The van der Waals surface area contributed by atoms with Gasteiger partial charge in [-0.1, -0.05) is 170 Å². The van der Waals surface area contributed by atoms with Crippen molar-refractivity contribution in [3.05, 3.63) is 230 Å². The van der Waals surface area contributed by atoms with E-state index in [1.807, 2.05) is 0 Å². The number of nitrogens with zero attached hydrogens (tertiary/aromatic N) is 4. The average Bonchev–Trinajstić information content (AvgIpc) is 3.85. The molecule has 3 aromatic heterocycles. The number of benzene rings is 8. The molecule has 0 saturated carbocycles. The highest BCUT2D eigenvalue weighted by molar-refractivity contribution is 6.19. The van der Waals surface area contributed by atoms with Crippen LogP contribution < -0.4 is 0 Å². The standard InChI is InChI=1S/C58H40N4/c1-6-20-39(21-7-1)47-34-43(58-59-51(41-24-10-3-11-25-41)38-52(60-58)42-26-12-4-13-27-42)35-48(40-22-8-2-9-23-40)57(47)62-54-33-19-17-31-46(54)50-36-55-49(37-56(50)62)45-30-16-18-32-53(45)61(55)44-28-14-5-15-29-44/h1-26,28-38,42H,27H2. The second kappa shape index (κ2) is 14.9. The molecule has 4 nitrogen and oxygen atoms in total. The first kappa shape index (κ1) is 35.8. The Morgan fingerprint density at radius 3 is 1.50 bits per heavy atom. The minimum atomic E-state index is 0.160. The maximum Gasteiger partial charge on any atom is 0.160 e. The molecule has 0 bridgehead atoms. The van der Waals surface area contributed by atoms with Crippen LogP contribution in [0.1, 0.15) is 18.0 Å². The zero-order valence-corrected chi connectivity index (χ0v) is 33.9. The third-order valence-electron chi connectivity index (χ3n) is 12.4. The number of para-hydroxylation sites is 3. The van der Waals surface area contributed by atoms with Crippen LogP contribution in [0.4, 0.5) is 0 Å². The van der Waals surface area contributed by atoms with Gasteiger partial charge >= 0.3 is 0 Å². The molecule has 1 unspecified atom stereocenters. The van der Waals surface area contributed by atoms with E-state index < -0.39 is 0 Å². The molecule has 1 atom stereocenters. The second-order valence-corrected chi connectivity index (χ2v) is 16.1. The maximum absolute atomic E-state index is 5.40. The Morgan fingerprint density at radius 2 is 0.919 bits per heavy atom. The van der Waals surface area contributed by atoms with Gasteiger partial charge in [0.05, 0.1) is 39.1 Å². The summed E-state index contributed by atoms with van der Waals surface area (Å²) in [7, 11) is 0. The fourth-order valence-electron chi connectivity index (χ4n) is 9.55. The van der Waals surface area contributed by atoms with Gasteiger partial charge in [0.15, 0.2) is 5.82 Å². The molecule has 0 radical (unpaired) electrons. The predicted octanol–water partition coefficient (Wildman–Crippen LogP) is 14.9. The van der Waals surface area contributed by atoms with E-state index in [-0.39, 0.29) is 5.92 Å². The lowest BCUT2D eigenvalue weighted by Crippen LogP contribution is -2.05. The molecular formula is C58H40N4. The molecule has 0 amide bonds. The summed E-state index contributed by atoms with van der Waals surface area (Å²) in [5.74, 6) is 0.871. The molecule has 3 heterocycles. The minimum Gasteiger partial charge on any atom is -0.309 e. The summed E-state index contributed by atoms with van der Waals surface area (Å²) in [5, 5.41) is 4.84. The van der Waals surface area contributed by atoms with Crippen molar-refractivity contribution in [2.24, 2.45) is 0 Å². The zero-order chi connectivity index (χ0) is 41.0. The van der Waals surface area contributed by atoms with Crippen molar-refractivity contribution in [1.82, 2.24) is 19.1 Å². The summed E-state index contributed by atoms with van der Waals surface area (Å²) in [4.78, 5) is 10.8. The zero-order valence-electron chi connectivity index (χ0n) is 33.9. The molecule has 0 N–H and O–H groups in total. The van der Waals surface area contributed by atoms with E-state index in [9.17, 15) is 0 Å². The van der Waals surface area contributed by atoms with Crippen molar-refractivity contribution in [1.29, 1.82) is 0 Å². The maximum atomic E-state index is 5.40. The van der Waals surface area contributed by atoms with Crippen molar-refractivity contribution in [2.45, 2.75) is 12.3 Å². The first-order valence-electron chi connectivity index (χ1n) is 21.4. The lowest BCUT2D eigenvalue weighted by molar-refractivity contribution is 0.811. The first-order valence-corrected chi connectivity index (χ1v) is 21.4. The number of fused-ring (bicyclic) bond motifs is 6. The molecule has 0 saturated heterocycles. The summed E-state index contributed by atoms with van der Waals surface area (Å²) in [6.45, 7) is 0. The monoisotopic (exact) mass is 792 g/mol. The fourth-order valence-corrected chi connectivity index (χ4v) is 9.55. The van der Waals surface area contributed by atoms with Crippen LogP contribution in [0.3, 0.4) is 0 Å². The van der Waals surface area contributed by atoms with Crippen LogP contribution >= 0.6 is 0 Å². The van der Waals surface area contributed by atoms with Crippen molar-refractivity contribution < 1.29 is 0 Å². The van der Waals surface area contributed by atoms with Crippen LogP contribution in [0.5, 0.6) is 0 Å². The first-order chi connectivity index (χ1) is 30.8. The van der Waals surface area contributed by atoms with Gasteiger partial charge in [0, 0.05) is 55.4 Å². The van der Waals surface area contributed by atoms with Gasteiger partial charge in [-0.15, -0.1) is 0 Å². The van der Waals surface area contributed by atoms with Gasteiger partial charge in [0.1, 0.15) is 0 Å². The molecule has 11 aromatic rings. The second-order valence-electron chi connectivity index (χ2n) is 16.1. The van der Waals surface area contributed by atoms with Crippen LogP contribution in [0.15, 0.2) is 224 Å². The van der Waals surface area contributed by atoms with E-state index in [0.29, 0.717) is 5.82 Å². The summed E-state index contributed by atoms with van der Waals surface area (Å²) >= 11 is 0. The van der Waals surface area contributed by atoms with E-state index in [1.54, 1.807) is 0 Å².